The minimum absolute atomic E-state index is 0.265. The highest BCUT2D eigenvalue weighted by atomic mass is 16.5. The van der Waals surface area contributed by atoms with E-state index in [0.29, 0.717) is 31.4 Å². The molecule has 0 amide bonds. The van der Waals surface area contributed by atoms with E-state index in [1.54, 1.807) is 7.11 Å². The van der Waals surface area contributed by atoms with E-state index in [2.05, 4.69) is 16.3 Å². The summed E-state index contributed by atoms with van der Waals surface area (Å²) in [7, 11) is 1.64. The monoisotopic (exact) mass is 458 g/mol. The van der Waals surface area contributed by atoms with Crippen LogP contribution in [0.1, 0.15) is 73.0 Å². The zero-order chi connectivity index (χ0) is 24.0. The van der Waals surface area contributed by atoms with Gasteiger partial charge in [-0.1, -0.05) is 18.1 Å². The van der Waals surface area contributed by atoms with Crippen LogP contribution in [0, 0.1) is 12.8 Å². The van der Waals surface area contributed by atoms with Gasteiger partial charge in [0.2, 0.25) is 0 Å². The molecule has 0 aromatic heterocycles. The molecule has 1 atom stereocenters. The van der Waals surface area contributed by atoms with E-state index in [0.717, 1.165) is 53.3 Å². The fourth-order valence-corrected chi connectivity index (χ4v) is 5.01. The van der Waals surface area contributed by atoms with Crippen LogP contribution in [0.2, 0.25) is 0 Å². The number of carboxylic acid groups (broad SMARTS) is 1. The number of carbonyl (C=O) groups excluding carboxylic acids is 1. The van der Waals surface area contributed by atoms with Crippen molar-refractivity contribution in [1.29, 1.82) is 0 Å². The predicted molar refractivity (Wildman–Crippen MR) is 129 cm³/mol. The van der Waals surface area contributed by atoms with E-state index >= 15 is 0 Å². The van der Waals surface area contributed by atoms with Crippen molar-refractivity contribution in [3.8, 4) is 5.75 Å². The van der Waals surface area contributed by atoms with Gasteiger partial charge in [-0.2, -0.15) is 0 Å². The molecule has 0 radical (unpaired) electrons. The van der Waals surface area contributed by atoms with Crippen LogP contribution in [0.25, 0.3) is 0 Å². The van der Waals surface area contributed by atoms with Crippen molar-refractivity contribution < 1.29 is 24.2 Å². The molecule has 1 saturated heterocycles. The molecular weight excluding hydrogens is 420 g/mol. The molecule has 0 spiro atoms. The topological polar surface area (TPSA) is 88.1 Å². The molecule has 1 unspecified atom stereocenters. The smallest absolute Gasteiger partial charge is 0.341 e. The summed E-state index contributed by atoms with van der Waals surface area (Å²) in [5.41, 5.74) is 5.11. The van der Waals surface area contributed by atoms with Crippen molar-refractivity contribution in [2.45, 2.75) is 65.9 Å². The number of rotatable bonds is 11. The van der Waals surface area contributed by atoms with Crippen LogP contribution in [-0.4, -0.2) is 55.2 Å². The molecule has 2 aliphatic rings. The van der Waals surface area contributed by atoms with Crippen molar-refractivity contribution >= 4 is 17.6 Å². The molecule has 1 aromatic rings. The maximum absolute atomic E-state index is 12.4. The highest BCUT2D eigenvalue weighted by Gasteiger charge is 2.31. The SMILES string of the molecule is CCNc1c(C/C=C(\C)CC(CCN2CCCCC2)C(=O)O)c(OC)c(C)c2c1C(=O)OC2. The first-order valence-electron chi connectivity index (χ1n) is 12.1. The van der Waals surface area contributed by atoms with Gasteiger partial charge in [-0.05, 0) is 78.1 Å². The number of hydrogen-bond donors (Lipinski definition) is 2. The Morgan fingerprint density at radius 3 is 2.67 bits per heavy atom. The minimum Gasteiger partial charge on any atom is -0.496 e. The first-order chi connectivity index (χ1) is 15.9. The molecule has 2 heterocycles. The number of ether oxygens (including phenoxy) is 2. The number of nitrogens with one attached hydrogen (secondary N) is 1. The predicted octanol–water partition coefficient (Wildman–Crippen LogP) is 4.56. The number of fused-ring (bicyclic) bond motifs is 1. The van der Waals surface area contributed by atoms with Gasteiger partial charge in [-0.15, -0.1) is 0 Å². The number of anilines is 1. The molecule has 0 saturated carbocycles. The fraction of sp³-hybridized carbons (Fsp3) is 0.615. The van der Waals surface area contributed by atoms with E-state index in [1.165, 1.54) is 19.3 Å². The molecule has 2 aliphatic heterocycles. The number of nitrogens with zero attached hydrogens (tertiary/aromatic N) is 1. The van der Waals surface area contributed by atoms with Crippen molar-refractivity contribution in [3.05, 3.63) is 33.9 Å². The number of piperidine rings is 1. The first kappa shape index (κ1) is 25.1. The zero-order valence-corrected chi connectivity index (χ0v) is 20.5. The summed E-state index contributed by atoms with van der Waals surface area (Å²) in [6.07, 6.45) is 7.50. The third-order valence-corrected chi connectivity index (χ3v) is 6.85. The van der Waals surface area contributed by atoms with Gasteiger partial charge in [0.15, 0.2) is 0 Å². The molecule has 7 nitrogen and oxygen atoms in total. The molecule has 0 bridgehead atoms. The maximum atomic E-state index is 12.4. The number of cyclic esters (lactones) is 1. The number of carboxylic acids is 1. The van der Waals surface area contributed by atoms with E-state index in [-0.39, 0.29) is 12.6 Å². The standard InChI is InChI=1S/C26H38N2O5/c1-5-27-23-20(24(32-4)18(3)21-16-33-26(31)22(21)23)10-9-17(2)15-19(25(29)30)11-14-28-12-7-6-8-13-28/h9,19,27H,5-8,10-16H2,1-4H3,(H,29,30)/b17-9+. The number of aliphatic carboxylic acids is 1. The summed E-state index contributed by atoms with van der Waals surface area (Å²) >= 11 is 0. The van der Waals surface area contributed by atoms with Crippen LogP contribution in [0.5, 0.6) is 5.75 Å². The maximum Gasteiger partial charge on any atom is 0.341 e. The number of hydrogen-bond acceptors (Lipinski definition) is 6. The molecule has 182 valence electrons. The Kier molecular flexibility index (Phi) is 8.78. The van der Waals surface area contributed by atoms with E-state index < -0.39 is 11.9 Å². The third-order valence-electron chi connectivity index (χ3n) is 6.85. The van der Waals surface area contributed by atoms with Crippen molar-refractivity contribution in [1.82, 2.24) is 4.90 Å². The molecule has 2 N–H and O–H groups in total. The molecule has 1 fully saturated rings. The minimum atomic E-state index is -0.734. The largest absolute Gasteiger partial charge is 0.496 e. The lowest BCUT2D eigenvalue weighted by atomic mass is 9.92. The van der Waals surface area contributed by atoms with Crippen molar-refractivity contribution in [2.75, 3.05) is 38.6 Å². The molecule has 33 heavy (non-hydrogen) atoms. The summed E-state index contributed by atoms with van der Waals surface area (Å²) < 4.78 is 11.1. The normalized spacial score (nSPS) is 17.5. The number of allylic oxidation sites excluding steroid dienone is 2. The Balaban J connectivity index is 1.78. The average Bonchev–Trinajstić information content (AvgIpc) is 3.19. The van der Waals surface area contributed by atoms with Crippen LogP contribution in [0.15, 0.2) is 11.6 Å². The molecule has 1 aromatic carbocycles. The number of benzene rings is 1. The summed E-state index contributed by atoms with van der Waals surface area (Å²) in [5.74, 6) is -0.680. The number of likely N-dealkylation sites (tertiary alicyclic amines) is 1. The Morgan fingerprint density at radius 2 is 2.03 bits per heavy atom. The lowest BCUT2D eigenvalue weighted by Crippen LogP contribution is -2.32. The molecule has 7 heteroatoms. The highest BCUT2D eigenvalue weighted by molar-refractivity contribution is 6.01. The number of esters is 1. The number of methoxy groups -OCH3 is 1. The van der Waals surface area contributed by atoms with Crippen molar-refractivity contribution in [3.63, 3.8) is 0 Å². The average molecular weight is 459 g/mol. The van der Waals surface area contributed by atoms with Crippen LogP contribution >= 0.6 is 0 Å². The molecule has 0 aliphatic carbocycles. The van der Waals surface area contributed by atoms with Gasteiger partial charge in [-0.25, -0.2) is 4.79 Å². The summed E-state index contributed by atoms with van der Waals surface area (Å²) in [5, 5.41) is 13.1. The number of carbonyl (C=O) groups is 2. The van der Waals surface area contributed by atoms with Gasteiger partial charge in [0.05, 0.1) is 24.3 Å². The second-order valence-electron chi connectivity index (χ2n) is 9.16. The fourth-order valence-electron chi connectivity index (χ4n) is 5.01. The Bertz CT molecular complexity index is 903. The van der Waals surface area contributed by atoms with Gasteiger partial charge in [0.25, 0.3) is 0 Å². The van der Waals surface area contributed by atoms with Crippen molar-refractivity contribution in [2.24, 2.45) is 5.92 Å². The van der Waals surface area contributed by atoms with Gasteiger partial charge in [-0.3, -0.25) is 4.79 Å². The first-order valence-corrected chi connectivity index (χ1v) is 12.1. The second kappa shape index (κ2) is 11.5. The molecular formula is C26H38N2O5. The van der Waals surface area contributed by atoms with E-state index in [1.807, 2.05) is 20.8 Å². The van der Waals surface area contributed by atoms with Crippen LogP contribution in [0.3, 0.4) is 0 Å². The van der Waals surface area contributed by atoms with Gasteiger partial charge < -0.3 is 24.8 Å². The highest BCUT2D eigenvalue weighted by Crippen LogP contribution is 2.41. The summed E-state index contributed by atoms with van der Waals surface area (Å²) in [4.78, 5) is 26.7. The summed E-state index contributed by atoms with van der Waals surface area (Å²) in [6, 6.07) is 0. The quantitative estimate of drug-likeness (QED) is 0.371. The molecule has 3 rings (SSSR count). The van der Waals surface area contributed by atoms with Crippen LogP contribution in [-0.2, 0) is 22.6 Å². The Hall–Kier alpha value is -2.54. The van der Waals surface area contributed by atoms with Gasteiger partial charge >= 0.3 is 11.9 Å². The van der Waals surface area contributed by atoms with E-state index in [9.17, 15) is 14.7 Å². The van der Waals surface area contributed by atoms with Gasteiger partial charge in [0.1, 0.15) is 12.4 Å². The second-order valence-corrected chi connectivity index (χ2v) is 9.16. The summed E-state index contributed by atoms with van der Waals surface area (Å²) in [6.45, 7) is 9.86. The van der Waals surface area contributed by atoms with Gasteiger partial charge in [0, 0.05) is 17.7 Å². The lowest BCUT2D eigenvalue weighted by Gasteiger charge is -2.27. The van der Waals surface area contributed by atoms with E-state index in [4.69, 9.17) is 9.47 Å². The Morgan fingerprint density at radius 1 is 1.30 bits per heavy atom. The van der Waals surface area contributed by atoms with Crippen LogP contribution in [0.4, 0.5) is 5.69 Å². The zero-order valence-electron chi connectivity index (χ0n) is 20.5. The van der Waals surface area contributed by atoms with Crippen LogP contribution < -0.4 is 10.1 Å². The lowest BCUT2D eigenvalue weighted by molar-refractivity contribution is -0.142. The third kappa shape index (κ3) is 5.88. The Labute approximate surface area is 197 Å².